The van der Waals surface area contributed by atoms with Crippen LogP contribution in [-0.4, -0.2) is 15.5 Å². The van der Waals surface area contributed by atoms with Crippen molar-refractivity contribution in [2.75, 3.05) is 11.1 Å². The molecule has 0 saturated heterocycles. The molecule has 1 aromatic rings. The summed E-state index contributed by atoms with van der Waals surface area (Å²) in [6, 6.07) is 1.81. The van der Waals surface area contributed by atoms with E-state index in [9.17, 15) is 0 Å². The molecule has 0 amide bonds. The van der Waals surface area contributed by atoms with Crippen LogP contribution in [0.3, 0.4) is 0 Å². The van der Waals surface area contributed by atoms with E-state index >= 15 is 0 Å². The number of nitrogens with one attached hydrogen (secondary N) is 1. The van der Waals surface area contributed by atoms with E-state index in [0.29, 0.717) is 5.82 Å². The average molecular weight is 206 g/mol. The summed E-state index contributed by atoms with van der Waals surface area (Å²) >= 11 is 0. The van der Waals surface area contributed by atoms with Crippen LogP contribution in [0.5, 0.6) is 0 Å². The highest BCUT2D eigenvalue weighted by Crippen LogP contribution is 2.37. The van der Waals surface area contributed by atoms with Crippen molar-refractivity contribution in [3.8, 4) is 0 Å². The molecule has 0 unspecified atom stereocenters. The highest BCUT2D eigenvalue weighted by Gasteiger charge is 2.35. The Kier molecular flexibility index (Phi) is 2.50. The summed E-state index contributed by atoms with van der Waals surface area (Å²) in [5.41, 5.74) is 5.95. The van der Waals surface area contributed by atoms with E-state index in [-0.39, 0.29) is 5.54 Å². The van der Waals surface area contributed by atoms with Crippen molar-refractivity contribution in [3.05, 3.63) is 11.9 Å². The molecule has 1 heterocycles. The summed E-state index contributed by atoms with van der Waals surface area (Å²) in [5, 5.41) is 3.49. The Morgan fingerprint density at radius 1 is 1.47 bits per heavy atom. The molecule has 4 heteroatoms. The fourth-order valence-corrected chi connectivity index (χ4v) is 2.10. The Balaban J connectivity index is 2.16. The third-order valence-corrected chi connectivity index (χ3v) is 3.24. The zero-order chi connectivity index (χ0) is 10.9. The molecule has 0 radical (unpaired) electrons. The van der Waals surface area contributed by atoms with Gasteiger partial charge in [0.25, 0.3) is 0 Å². The topological polar surface area (TPSA) is 63.8 Å². The van der Waals surface area contributed by atoms with Crippen molar-refractivity contribution < 1.29 is 0 Å². The zero-order valence-corrected chi connectivity index (χ0v) is 9.38. The minimum Gasteiger partial charge on any atom is -0.384 e. The van der Waals surface area contributed by atoms with E-state index in [2.05, 4.69) is 22.2 Å². The van der Waals surface area contributed by atoms with Gasteiger partial charge in [0, 0.05) is 11.6 Å². The lowest BCUT2D eigenvalue weighted by Crippen LogP contribution is -2.44. The first-order valence-electron chi connectivity index (χ1n) is 5.53. The Morgan fingerprint density at radius 3 is 2.67 bits per heavy atom. The van der Waals surface area contributed by atoms with Crippen LogP contribution in [-0.2, 0) is 0 Å². The molecule has 2 rings (SSSR count). The number of nitrogens with zero attached hydrogens (tertiary/aromatic N) is 2. The number of nitrogen functional groups attached to an aromatic ring is 1. The molecule has 1 aromatic heterocycles. The maximum Gasteiger partial charge on any atom is 0.132 e. The van der Waals surface area contributed by atoms with Crippen LogP contribution in [0.15, 0.2) is 6.07 Å². The van der Waals surface area contributed by atoms with E-state index in [1.165, 1.54) is 19.3 Å². The molecular weight excluding hydrogens is 188 g/mol. The van der Waals surface area contributed by atoms with Crippen LogP contribution in [0.4, 0.5) is 11.6 Å². The number of anilines is 2. The van der Waals surface area contributed by atoms with Gasteiger partial charge in [0.2, 0.25) is 0 Å². The van der Waals surface area contributed by atoms with E-state index < -0.39 is 0 Å². The van der Waals surface area contributed by atoms with Gasteiger partial charge in [0.05, 0.1) is 0 Å². The van der Waals surface area contributed by atoms with Gasteiger partial charge in [-0.1, -0.05) is 6.92 Å². The van der Waals surface area contributed by atoms with Gasteiger partial charge in [-0.05, 0) is 32.6 Å². The molecule has 0 bridgehead atoms. The molecule has 1 aliphatic rings. The van der Waals surface area contributed by atoms with E-state index in [0.717, 1.165) is 18.1 Å². The predicted molar refractivity (Wildman–Crippen MR) is 61.7 cm³/mol. The standard InChI is InChI=1S/C11H18N4/c1-3-11(5-4-6-11)15-10-7-9(12)13-8(2)14-10/h7H,3-6H2,1-2H3,(H3,12,13,14,15). The molecule has 0 aromatic carbocycles. The number of rotatable bonds is 3. The zero-order valence-electron chi connectivity index (χ0n) is 9.38. The molecule has 0 spiro atoms. The molecule has 1 aliphatic carbocycles. The molecule has 1 saturated carbocycles. The summed E-state index contributed by atoms with van der Waals surface area (Å²) in [6.45, 7) is 4.07. The molecule has 0 aliphatic heterocycles. The third kappa shape index (κ3) is 2.03. The number of nitrogens with two attached hydrogens (primary N) is 1. The second-order valence-corrected chi connectivity index (χ2v) is 4.34. The van der Waals surface area contributed by atoms with Gasteiger partial charge >= 0.3 is 0 Å². The molecule has 4 nitrogen and oxygen atoms in total. The normalized spacial score (nSPS) is 18.3. The summed E-state index contributed by atoms with van der Waals surface area (Å²) in [4.78, 5) is 8.41. The Morgan fingerprint density at radius 2 is 2.20 bits per heavy atom. The molecule has 0 atom stereocenters. The molecule has 82 valence electrons. The van der Waals surface area contributed by atoms with Crippen LogP contribution < -0.4 is 11.1 Å². The maximum atomic E-state index is 5.69. The number of aryl methyl sites for hydroxylation is 1. The van der Waals surface area contributed by atoms with Crippen LogP contribution in [0.2, 0.25) is 0 Å². The van der Waals surface area contributed by atoms with Crippen LogP contribution in [0.1, 0.15) is 38.4 Å². The van der Waals surface area contributed by atoms with Gasteiger partial charge in [0.1, 0.15) is 17.5 Å². The first kappa shape index (κ1) is 10.2. The minimum absolute atomic E-state index is 0.257. The summed E-state index contributed by atoms with van der Waals surface area (Å²) in [7, 11) is 0. The van der Waals surface area contributed by atoms with Gasteiger partial charge in [-0.25, -0.2) is 9.97 Å². The first-order chi connectivity index (χ1) is 7.13. The fourth-order valence-electron chi connectivity index (χ4n) is 2.10. The van der Waals surface area contributed by atoms with Gasteiger partial charge < -0.3 is 11.1 Å². The largest absolute Gasteiger partial charge is 0.384 e. The number of aromatic nitrogens is 2. The molecule has 3 N–H and O–H groups in total. The number of hydrogen-bond donors (Lipinski definition) is 2. The lowest BCUT2D eigenvalue weighted by atomic mass is 9.75. The van der Waals surface area contributed by atoms with Gasteiger partial charge in [-0.2, -0.15) is 0 Å². The van der Waals surface area contributed by atoms with E-state index in [1.807, 2.05) is 13.0 Å². The summed E-state index contributed by atoms with van der Waals surface area (Å²) < 4.78 is 0. The quantitative estimate of drug-likeness (QED) is 0.795. The third-order valence-electron chi connectivity index (χ3n) is 3.24. The van der Waals surface area contributed by atoms with E-state index in [4.69, 9.17) is 5.73 Å². The highest BCUT2D eigenvalue weighted by atomic mass is 15.1. The van der Waals surface area contributed by atoms with Crippen LogP contribution >= 0.6 is 0 Å². The Hall–Kier alpha value is -1.32. The smallest absolute Gasteiger partial charge is 0.132 e. The minimum atomic E-state index is 0.257. The van der Waals surface area contributed by atoms with Gasteiger partial charge in [0.15, 0.2) is 0 Å². The van der Waals surface area contributed by atoms with Crippen molar-refractivity contribution in [2.24, 2.45) is 0 Å². The molecular formula is C11H18N4. The van der Waals surface area contributed by atoms with Crippen molar-refractivity contribution in [1.82, 2.24) is 9.97 Å². The maximum absolute atomic E-state index is 5.69. The SMILES string of the molecule is CCC1(Nc2cc(N)nc(C)n2)CCC1. The molecule has 15 heavy (non-hydrogen) atoms. The number of hydrogen-bond acceptors (Lipinski definition) is 4. The summed E-state index contributed by atoms with van der Waals surface area (Å²) in [6.07, 6.45) is 4.90. The monoisotopic (exact) mass is 206 g/mol. The van der Waals surface area contributed by atoms with Crippen molar-refractivity contribution in [2.45, 2.75) is 45.1 Å². The van der Waals surface area contributed by atoms with Crippen LogP contribution in [0.25, 0.3) is 0 Å². The first-order valence-corrected chi connectivity index (χ1v) is 5.53. The predicted octanol–water partition coefficient (Wildman–Crippen LogP) is 2.11. The Bertz CT molecular complexity index is 332. The summed E-state index contributed by atoms with van der Waals surface area (Å²) in [5.74, 6) is 2.13. The second kappa shape index (κ2) is 3.68. The lowest BCUT2D eigenvalue weighted by molar-refractivity contribution is 0.269. The van der Waals surface area contributed by atoms with Gasteiger partial charge in [-0.15, -0.1) is 0 Å². The van der Waals surface area contributed by atoms with Crippen molar-refractivity contribution >= 4 is 11.6 Å². The van der Waals surface area contributed by atoms with Crippen LogP contribution in [0, 0.1) is 6.92 Å². The lowest BCUT2D eigenvalue weighted by Gasteiger charge is -2.42. The second-order valence-electron chi connectivity index (χ2n) is 4.34. The fraction of sp³-hybridized carbons (Fsp3) is 0.636. The highest BCUT2D eigenvalue weighted by molar-refractivity contribution is 5.46. The molecule has 1 fully saturated rings. The Labute approximate surface area is 90.3 Å². The van der Waals surface area contributed by atoms with Crippen molar-refractivity contribution in [3.63, 3.8) is 0 Å². The average Bonchev–Trinajstić information content (AvgIpc) is 2.10. The van der Waals surface area contributed by atoms with Crippen molar-refractivity contribution in [1.29, 1.82) is 0 Å². The van der Waals surface area contributed by atoms with Gasteiger partial charge in [-0.3, -0.25) is 0 Å². The van der Waals surface area contributed by atoms with E-state index in [1.54, 1.807) is 0 Å².